The van der Waals surface area contributed by atoms with Crippen LogP contribution in [0.25, 0.3) is 0 Å². The highest BCUT2D eigenvalue weighted by Gasteiger charge is 2.13. The third kappa shape index (κ3) is 4.36. The number of nitrogens with one attached hydrogen (secondary N) is 1. The van der Waals surface area contributed by atoms with Crippen LogP contribution in [0.1, 0.15) is 23.6 Å². The molecule has 0 spiro atoms. The molecule has 1 rings (SSSR count). The first-order valence-electron chi connectivity index (χ1n) is 6.12. The van der Waals surface area contributed by atoms with Crippen molar-refractivity contribution in [2.24, 2.45) is 0 Å². The molecule has 1 unspecified atom stereocenters. The Morgan fingerprint density at radius 2 is 2.17 bits per heavy atom. The molecule has 0 fully saturated rings. The van der Waals surface area contributed by atoms with Gasteiger partial charge in [-0.05, 0) is 52.7 Å². The van der Waals surface area contributed by atoms with Gasteiger partial charge in [0.1, 0.15) is 11.8 Å². The van der Waals surface area contributed by atoms with E-state index in [1.807, 2.05) is 33.2 Å². The van der Waals surface area contributed by atoms with Gasteiger partial charge in [0.25, 0.3) is 0 Å². The van der Waals surface area contributed by atoms with Crippen molar-refractivity contribution in [2.75, 3.05) is 27.2 Å². The molecule has 0 radical (unpaired) electrons. The van der Waals surface area contributed by atoms with E-state index >= 15 is 0 Å². The number of hydrogen-bond acceptors (Lipinski definition) is 4. The number of aromatic hydroxyl groups is 1. The summed E-state index contributed by atoms with van der Waals surface area (Å²) >= 11 is 0. The van der Waals surface area contributed by atoms with Crippen LogP contribution in [-0.4, -0.2) is 37.2 Å². The van der Waals surface area contributed by atoms with E-state index in [4.69, 9.17) is 5.26 Å². The second kappa shape index (κ2) is 7.00. The Kier molecular flexibility index (Phi) is 5.63. The van der Waals surface area contributed by atoms with Crippen LogP contribution >= 0.6 is 0 Å². The normalized spacial score (nSPS) is 12.4. The summed E-state index contributed by atoms with van der Waals surface area (Å²) < 4.78 is 0. The Hall–Kier alpha value is -1.57. The fourth-order valence-electron chi connectivity index (χ4n) is 1.77. The van der Waals surface area contributed by atoms with Gasteiger partial charge in [-0.3, -0.25) is 5.32 Å². The van der Waals surface area contributed by atoms with Crippen molar-refractivity contribution in [1.29, 1.82) is 5.26 Å². The van der Waals surface area contributed by atoms with Gasteiger partial charge in [0.15, 0.2) is 0 Å². The van der Waals surface area contributed by atoms with Gasteiger partial charge in [-0.1, -0.05) is 11.6 Å². The lowest BCUT2D eigenvalue weighted by molar-refractivity contribution is 0.390. The third-order valence-corrected chi connectivity index (χ3v) is 2.75. The van der Waals surface area contributed by atoms with E-state index in [2.05, 4.69) is 16.3 Å². The summed E-state index contributed by atoms with van der Waals surface area (Å²) in [4.78, 5) is 2.10. The summed E-state index contributed by atoms with van der Waals surface area (Å²) in [5.74, 6) is 0.173. The van der Waals surface area contributed by atoms with Crippen LogP contribution in [0.4, 0.5) is 0 Å². The second-order valence-electron chi connectivity index (χ2n) is 4.74. The molecule has 0 saturated heterocycles. The van der Waals surface area contributed by atoms with Gasteiger partial charge in [0.2, 0.25) is 0 Å². The molecule has 1 atom stereocenters. The van der Waals surface area contributed by atoms with Gasteiger partial charge in [0.05, 0.1) is 6.07 Å². The van der Waals surface area contributed by atoms with Gasteiger partial charge in [-0.2, -0.15) is 5.26 Å². The van der Waals surface area contributed by atoms with Crippen LogP contribution in [0.15, 0.2) is 18.2 Å². The minimum atomic E-state index is -0.452. The zero-order valence-corrected chi connectivity index (χ0v) is 11.3. The molecular formula is C14H21N3O. The number of nitrogens with zero attached hydrogens (tertiary/aromatic N) is 2. The lowest BCUT2D eigenvalue weighted by Crippen LogP contribution is -2.24. The zero-order valence-electron chi connectivity index (χ0n) is 11.3. The summed E-state index contributed by atoms with van der Waals surface area (Å²) in [5.41, 5.74) is 1.69. The van der Waals surface area contributed by atoms with Crippen molar-refractivity contribution < 1.29 is 5.11 Å². The number of benzene rings is 1. The SMILES string of the molecule is Cc1ccc(O)c(C(C#N)NCCCN(C)C)c1. The Bertz CT molecular complexity index is 424. The minimum absolute atomic E-state index is 0.173. The monoisotopic (exact) mass is 247 g/mol. The average Bonchev–Trinajstić information content (AvgIpc) is 2.33. The molecule has 18 heavy (non-hydrogen) atoms. The summed E-state index contributed by atoms with van der Waals surface area (Å²) in [5, 5.41) is 22.1. The molecule has 98 valence electrons. The van der Waals surface area contributed by atoms with Crippen LogP contribution in [0.3, 0.4) is 0 Å². The predicted octanol–water partition coefficient (Wildman–Crippen LogP) is 1.81. The Morgan fingerprint density at radius 1 is 1.44 bits per heavy atom. The first kappa shape index (κ1) is 14.5. The van der Waals surface area contributed by atoms with Gasteiger partial charge < -0.3 is 10.0 Å². The smallest absolute Gasteiger partial charge is 0.124 e. The Labute approximate surface area is 109 Å². The van der Waals surface area contributed by atoms with E-state index in [-0.39, 0.29) is 5.75 Å². The molecule has 4 nitrogen and oxygen atoms in total. The van der Waals surface area contributed by atoms with Crippen LogP contribution in [0.2, 0.25) is 0 Å². The number of phenols is 1. The molecule has 0 aromatic heterocycles. The zero-order chi connectivity index (χ0) is 13.5. The first-order valence-corrected chi connectivity index (χ1v) is 6.12. The average molecular weight is 247 g/mol. The van der Waals surface area contributed by atoms with E-state index < -0.39 is 6.04 Å². The van der Waals surface area contributed by atoms with Gasteiger partial charge in [0, 0.05) is 5.56 Å². The number of nitriles is 1. The standard InChI is InChI=1S/C14H21N3O/c1-11-5-6-14(18)12(9-11)13(10-15)16-7-4-8-17(2)3/h5-6,9,13,16,18H,4,7-8H2,1-3H3. The molecule has 0 amide bonds. The van der Waals surface area contributed by atoms with E-state index in [1.54, 1.807) is 6.07 Å². The van der Waals surface area contributed by atoms with Crippen molar-refractivity contribution in [2.45, 2.75) is 19.4 Å². The summed E-state index contributed by atoms with van der Waals surface area (Å²) in [6.07, 6.45) is 0.970. The summed E-state index contributed by atoms with van der Waals surface area (Å²) in [6.45, 7) is 3.68. The van der Waals surface area contributed by atoms with E-state index in [9.17, 15) is 5.11 Å². The highest BCUT2D eigenvalue weighted by atomic mass is 16.3. The summed E-state index contributed by atoms with van der Waals surface area (Å²) in [6, 6.07) is 7.06. The van der Waals surface area contributed by atoms with Gasteiger partial charge in [-0.15, -0.1) is 0 Å². The van der Waals surface area contributed by atoms with E-state index in [1.165, 1.54) is 0 Å². The second-order valence-corrected chi connectivity index (χ2v) is 4.74. The highest BCUT2D eigenvalue weighted by Crippen LogP contribution is 2.24. The molecule has 0 aliphatic rings. The number of hydrogen-bond donors (Lipinski definition) is 2. The van der Waals surface area contributed by atoms with Crippen molar-refractivity contribution >= 4 is 0 Å². The van der Waals surface area contributed by atoms with Gasteiger partial charge in [-0.25, -0.2) is 0 Å². The molecule has 2 N–H and O–H groups in total. The molecule has 1 aromatic rings. The van der Waals surface area contributed by atoms with Crippen LogP contribution in [-0.2, 0) is 0 Å². The highest BCUT2D eigenvalue weighted by molar-refractivity contribution is 5.40. The quantitative estimate of drug-likeness (QED) is 0.753. The molecule has 0 bridgehead atoms. The third-order valence-electron chi connectivity index (χ3n) is 2.75. The molecule has 0 saturated carbocycles. The lowest BCUT2D eigenvalue weighted by atomic mass is 10.0. The summed E-state index contributed by atoms with van der Waals surface area (Å²) in [7, 11) is 4.04. The maximum absolute atomic E-state index is 9.78. The molecule has 0 heterocycles. The van der Waals surface area contributed by atoms with Crippen molar-refractivity contribution in [3.8, 4) is 11.8 Å². The van der Waals surface area contributed by atoms with Crippen molar-refractivity contribution in [3.05, 3.63) is 29.3 Å². The number of rotatable bonds is 6. The molecular weight excluding hydrogens is 226 g/mol. The van der Waals surface area contributed by atoms with Crippen molar-refractivity contribution in [3.63, 3.8) is 0 Å². The molecule has 4 heteroatoms. The molecule has 1 aromatic carbocycles. The van der Waals surface area contributed by atoms with Gasteiger partial charge >= 0.3 is 0 Å². The molecule has 0 aliphatic carbocycles. The minimum Gasteiger partial charge on any atom is -0.508 e. The Balaban J connectivity index is 2.61. The van der Waals surface area contributed by atoms with E-state index in [0.29, 0.717) is 5.56 Å². The topological polar surface area (TPSA) is 59.3 Å². The lowest BCUT2D eigenvalue weighted by Gasteiger charge is -2.15. The maximum atomic E-state index is 9.78. The number of aryl methyl sites for hydroxylation is 1. The first-order chi connectivity index (χ1) is 8.54. The number of phenolic OH excluding ortho intramolecular Hbond substituents is 1. The van der Waals surface area contributed by atoms with E-state index in [0.717, 1.165) is 25.1 Å². The van der Waals surface area contributed by atoms with Crippen LogP contribution in [0, 0.1) is 18.3 Å². The predicted molar refractivity (Wildman–Crippen MR) is 72.4 cm³/mol. The fraction of sp³-hybridized carbons (Fsp3) is 0.500. The van der Waals surface area contributed by atoms with Crippen molar-refractivity contribution in [1.82, 2.24) is 10.2 Å². The fourth-order valence-corrected chi connectivity index (χ4v) is 1.77. The Morgan fingerprint density at radius 3 is 2.78 bits per heavy atom. The maximum Gasteiger partial charge on any atom is 0.124 e. The molecule has 0 aliphatic heterocycles. The van der Waals surface area contributed by atoms with Crippen LogP contribution < -0.4 is 5.32 Å². The largest absolute Gasteiger partial charge is 0.508 e. The van der Waals surface area contributed by atoms with Crippen LogP contribution in [0.5, 0.6) is 5.75 Å².